The third-order valence-electron chi connectivity index (χ3n) is 3.13. The van der Waals surface area contributed by atoms with Crippen LogP contribution in [-0.4, -0.2) is 11.7 Å². The number of nitrogens with two attached hydrogens (primary N) is 1. The molecule has 3 N–H and O–H groups in total. The standard InChI is InChI=1S/C11H19NOS/c1-8-5-6-14-9(8)11(4,12)10(2,3)7-13/h5-6,13H,7,12H2,1-4H3/t11-/m0/s1. The fourth-order valence-electron chi connectivity index (χ4n) is 1.38. The van der Waals surface area contributed by atoms with Crippen molar-refractivity contribution in [2.75, 3.05) is 6.61 Å². The average molecular weight is 213 g/mol. The summed E-state index contributed by atoms with van der Waals surface area (Å²) in [7, 11) is 0. The average Bonchev–Trinajstić information content (AvgIpc) is 2.51. The number of aliphatic hydroxyl groups excluding tert-OH is 1. The van der Waals surface area contributed by atoms with Crippen molar-refractivity contribution in [1.82, 2.24) is 0 Å². The molecular weight excluding hydrogens is 194 g/mol. The van der Waals surface area contributed by atoms with Crippen molar-refractivity contribution >= 4 is 11.3 Å². The van der Waals surface area contributed by atoms with E-state index in [1.807, 2.05) is 26.2 Å². The number of aliphatic hydroxyl groups is 1. The quantitative estimate of drug-likeness (QED) is 0.809. The molecule has 0 unspecified atom stereocenters. The highest BCUT2D eigenvalue weighted by Crippen LogP contribution is 2.40. The molecule has 1 aromatic heterocycles. The lowest BCUT2D eigenvalue weighted by Gasteiger charge is -2.40. The minimum atomic E-state index is -0.472. The van der Waals surface area contributed by atoms with Gasteiger partial charge in [0.1, 0.15) is 0 Å². The highest BCUT2D eigenvalue weighted by molar-refractivity contribution is 7.10. The Morgan fingerprint density at radius 2 is 2.00 bits per heavy atom. The van der Waals surface area contributed by atoms with Crippen molar-refractivity contribution < 1.29 is 5.11 Å². The van der Waals surface area contributed by atoms with Crippen LogP contribution in [0.25, 0.3) is 0 Å². The summed E-state index contributed by atoms with van der Waals surface area (Å²) >= 11 is 1.66. The first-order valence-electron chi connectivity index (χ1n) is 4.77. The normalized spacial score (nSPS) is 16.7. The van der Waals surface area contributed by atoms with Gasteiger partial charge in [0.05, 0.1) is 12.1 Å². The maximum absolute atomic E-state index is 9.34. The van der Waals surface area contributed by atoms with Crippen LogP contribution in [-0.2, 0) is 5.54 Å². The molecule has 0 aromatic carbocycles. The summed E-state index contributed by atoms with van der Waals surface area (Å²) in [5.41, 5.74) is 6.76. The summed E-state index contributed by atoms with van der Waals surface area (Å²) in [6.45, 7) is 8.13. The molecule has 14 heavy (non-hydrogen) atoms. The molecule has 1 aromatic rings. The summed E-state index contributed by atoms with van der Waals surface area (Å²) in [4.78, 5) is 1.16. The zero-order valence-electron chi connectivity index (χ0n) is 9.29. The van der Waals surface area contributed by atoms with E-state index in [0.717, 1.165) is 4.88 Å². The Kier molecular flexibility index (Phi) is 3.04. The Morgan fingerprint density at radius 3 is 2.36 bits per heavy atom. The Bertz CT molecular complexity index is 315. The molecule has 1 heterocycles. The van der Waals surface area contributed by atoms with Gasteiger partial charge in [-0.25, -0.2) is 0 Å². The number of thiophene rings is 1. The van der Waals surface area contributed by atoms with Crippen molar-refractivity contribution in [3.8, 4) is 0 Å². The van der Waals surface area contributed by atoms with Gasteiger partial charge < -0.3 is 10.8 Å². The maximum Gasteiger partial charge on any atom is 0.0551 e. The third kappa shape index (κ3) is 1.72. The van der Waals surface area contributed by atoms with Crippen LogP contribution in [0.3, 0.4) is 0 Å². The van der Waals surface area contributed by atoms with Crippen molar-refractivity contribution in [1.29, 1.82) is 0 Å². The van der Waals surface area contributed by atoms with Crippen LogP contribution < -0.4 is 5.73 Å². The highest BCUT2D eigenvalue weighted by Gasteiger charge is 2.40. The molecule has 0 fully saturated rings. The van der Waals surface area contributed by atoms with E-state index in [9.17, 15) is 5.11 Å². The van der Waals surface area contributed by atoms with E-state index in [0.29, 0.717) is 0 Å². The van der Waals surface area contributed by atoms with Gasteiger partial charge >= 0.3 is 0 Å². The van der Waals surface area contributed by atoms with Gasteiger partial charge in [0, 0.05) is 10.3 Å². The van der Waals surface area contributed by atoms with Crippen LogP contribution in [0.2, 0.25) is 0 Å². The maximum atomic E-state index is 9.34. The van der Waals surface area contributed by atoms with Crippen LogP contribution in [0.4, 0.5) is 0 Å². The zero-order chi connectivity index (χ0) is 11.0. The van der Waals surface area contributed by atoms with Crippen molar-refractivity contribution in [2.24, 2.45) is 11.1 Å². The SMILES string of the molecule is Cc1ccsc1[C@](C)(N)C(C)(C)CO. The van der Waals surface area contributed by atoms with Gasteiger partial charge in [-0.3, -0.25) is 0 Å². The van der Waals surface area contributed by atoms with Crippen LogP contribution in [0.15, 0.2) is 11.4 Å². The monoisotopic (exact) mass is 213 g/mol. The lowest BCUT2D eigenvalue weighted by atomic mass is 9.73. The summed E-state index contributed by atoms with van der Waals surface area (Å²) in [6.07, 6.45) is 0. The second kappa shape index (κ2) is 3.65. The van der Waals surface area contributed by atoms with E-state index in [1.165, 1.54) is 5.56 Å². The predicted octanol–water partition coefficient (Wildman–Crippen LogP) is 2.25. The molecule has 0 aliphatic carbocycles. The molecule has 0 saturated carbocycles. The van der Waals surface area contributed by atoms with Crippen molar-refractivity contribution in [2.45, 2.75) is 33.2 Å². The van der Waals surface area contributed by atoms with E-state index in [-0.39, 0.29) is 12.0 Å². The molecule has 1 rings (SSSR count). The fraction of sp³-hybridized carbons (Fsp3) is 0.636. The molecule has 0 aliphatic heterocycles. The third-order valence-corrected chi connectivity index (χ3v) is 4.39. The number of rotatable bonds is 3. The molecule has 0 amide bonds. The minimum Gasteiger partial charge on any atom is -0.396 e. The second-order valence-electron chi connectivity index (χ2n) is 4.68. The molecule has 1 atom stereocenters. The van der Waals surface area contributed by atoms with E-state index in [1.54, 1.807) is 11.3 Å². The van der Waals surface area contributed by atoms with Gasteiger partial charge in [-0.1, -0.05) is 13.8 Å². The Morgan fingerprint density at radius 1 is 1.43 bits per heavy atom. The summed E-state index contributed by atoms with van der Waals surface area (Å²) in [5.74, 6) is 0. The number of hydrogen-bond donors (Lipinski definition) is 2. The smallest absolute Gasteiger partial charge is 0.0551 e. The molecule has 80 valence electrons. The molecule has 2 nitrogen and oxygen atoms in total. The topological polar surface area (TPSA) is 46.2 Å². The lowest BCUT2D eigenvalue weighted by Crippen LogP contribution is -2.49. The summed E-state index contributed by atoms with van der Waals surface area (Å²) in [6, 6.07) is 2.07. The predicted molar refractivity (Wildman–Crippen MR) is 61.5 cm³/mol. The van der Waals surface area contributed by atoms with E-state index < -0.39 is 5.54 Å². The van der Waals surface area contributed by atoms with E-state index in [2.05, 4.69) is 13.0 Å². The van der Waals surface area contributed by atoms with Gasteiger partial charge in [-0.05, 0) is 30.9 Å². The van der Waals surface area contributed by atoms with Gasteiger partial charge in [-0.15, -0.1) is 11.3 Å². The van der Waals surface area contributed by atoms with Crippen LogP contribution in [0.1, 0.15) is 31.2 Å². The van der Waals surface area contributed by atoms with Crippen LogP contribution in [0.5, 0.6) is 0 Å². The number of aryl methyl sites for hydroxylation is 1. The van der Waals surface area contributed by atoms with Crippen LogP contribution >= 0.6 is 11.3 Å². The largest absolute Gasteiger partial charge is 0.396 e. The molecule has 0 bridgehead atoms. The summed E-state index contributed by atoms with van der Waals surface area (Å²) in [5, 5.41) is 11.4. The van der Waals surface area contributed by atoms with Gasteiger partial charge in [0.2, 0.25) is 0 Å². The minimum absolute atomic E-state index is 0.0946. The van der Waals surface area contributed by atoms with E-state index >= 15 is 0 Å². The number of hydrogen-bond acceptors (Lipinski definition) is 3. The zero-order valence-corrected chi connectivity index (χ0v) is 10.1. The molecular formula is C11H19NOS. The van der Waals surface area contributed by atoms with Gasteiger partial charge in [0.25, 0.3) is 0 Å². The van der Waals surface area contributed by atoms with Gasteiger partial charge in [-0.2, -0.15) is 0 Å². The molecule has 0 aliphatic rings. The molecule has 0 saturated heterocycles. The molecule has 3 heteroatoms. The van der Waals surface area contributed by atoms with Gasteiger partial charge in [0.15, 0.2) is 0 Å². The fourth-order valence-corrected chi connectivity index (χ4v) is 2.56. The van der Waals surface area contributed by atoms with Crippen molar-refractivity contribution in [3.63, 3.8) is 0 Å². The first-order valence-corrected chi connectivity index (χ1v) is 5.65. The van der Waals surface area contributed by atoms with Crippen molar-refractivity contribution in [3.05, 3.63) is 21.9 Å². The Balaban J connectivity index is 3.14. The van der Waals surface area contributed by atoms with E-state index in [4.69, 9.17) is 5.73 Å². The molecule has 0 radical (unpaired) electrons. The first-order chi connectivity index (χ1) is 6.33. The molecule has 0 spiro atoms. The second-order valence-corrected chi connectivity index (χ2v) is 5.59. The Hall–Kier alpha value is -0.380. The summed E-state index contributed by atoms with van der Waals surface area (Å²) < 4.78 is 0. The van der Waals surface area contributed by atoms with Crippen LogP contribution in [0, 0.1) is 12.3 Å². The first kappa shape index (κ1) is 11.7. The highest BCUT2D eigenvalue weighted by atomic mass is 32.1. The Labute approximate surface area is 89.8 Å². The lowest BCUT2D eigenvalue weighted by molar-refractivity contribution is 0.0828.